The third-order valence-electron chi connectivity index (χ3n) is 4.25. The monoisotopic (exact) mass is 264 g/mol. The van der Waals surface area contributed by atoms with Gasteiger partial charge in [-0.1, -0.05) is 64.5 Å². The molecule has 19 heavy (non-hydrogen) atoms. The molecule has 2 atom stereocenters. The lowest BCUT2D eigenvalue weighted by atomic mass is 10.0. The summed E-state index contributed by atoms with van der Waals surface area (Å²) >= 11 is 0. The van der Waals surface area contributed by atoms with Crippen molar-refractivity contribution in [2.45, 2.75) is 84.5 Å². The molecule has 1 aliphatic carbocycles. The van der Waals surface area contributed by atoms with Gasteiger partial charge in [0.1, 0.15) is 5.78 Å². The first-order valence-electron chi connectivity index (χ1n) is 8.41. The number of Topliss-reactive ketones (excluding diaryl/α,β-unsaturated/α-hetero) is 1. The molecule has 0 aromatic carbocycles. The second kappa shape index (κ2) is 10.2. The highest BCUT2D eigenvalue weighted by atomic mass is 16.1. The van der Waals surface area contributed by atoms with E-state index in [4.69, 9.17) is 0 Å². The van der Waals surface area contributed by atoms with Gasteiger partial charge in [-0.15, -0.1) is 0 Å². The molecule has 0 bridgehead atoms. The third kappa shape index (κ3) is 7.54. The molecule has 0 heterocycles. The predicted octanol–water partition coefficient (Wildman–Crippen LogP) is 5.69. The number of ketones is 1. The molecule has 0 radical (unpaired) electrons. The van der Waals surface area contributed by atoms with Crippen LogP contribution in [0.15, 0.2) is 12.2 Å². The van der Waals surface area contributed by atoms with Crippen LogP contribution in [0.5, 0.6) is 0 Å². The van der Waals surface area contributed by atoms with Gasteiger partial charge in [0.05, 0.1) is 0 Å². The van der Waals surface area contributed by atoms with Crippen molar-refractivity contribution in [3.63, 3.8) is 0 Å². The van der Waals surface area contributed by atoms with Gasteiger partial charge in [-0.05, 0) is 31.6 Å². The minimum Gasteiger partial charge on any atom is -0.299 e. The number of unbranched alkanes of at least 4 members (excludes halogenated alkanes) is 7. The maximum atomic E-state index is 11.6. The SMILES string of the molecule is CCCCCCCCC/C=C\CC1CC(C)CC1=O. The summed E-state index contributed by atoms with van der Waals surface area (Å²) in [7, 11) is 0. The Morgan fingerprint density at radius 3 is 2.37 bits per heavy atom. The zero-order valence-corrected chi connectivity index (χ0v) is 13.0. The minimum absolute atomic E-state index is 0.334. The van der Waals surface area contributed by atoms with Crippen LogP contribution in [0.3, 0.4) is 0 Å². The van der Waals surface area contributed by atoms with Crippen LogP contribution >= 0.6 is 0 Å². The normalized spacial score (nSPS) is 23.6. The Morgan fingerprint density at radius 2 is 1.74 bits per heavy atom. The van der Waals surface area contributed by atoms with E-state index in [0.717, 1.165) is 19.3 Å². The topological polar surface area (TPSA) is 17.1 Å². The van der Waals surface area contributed by atoms with Crippen molar-refractivity contribution in [2.24, 2.45) is 11.8 Å². The van der Waals surface area contributed by atoms with Crippen LogP contribution in [0.4, 0.5) is 0 Å². The lowest BCUT2D eigenvalue weighted by Gasteiger charge is -2.03. The fraction of sp³-hybridized carbons (Fsp3) is 0.833. The number of carbonyl (C=O) groups excluding carboxylic acids is 1. The van der Waals surface area contributed by atoms with E-state index < -0.39 is 0 Å². The van der Waals surface area contributed by atoms with Gasteiger partial charge in [-0.3, -0.25) is 4.79 Å². The van der Waals surface area contributed by atoms with Gasteiger partial charge in [0.15, 0.2) is 0 Å². The van der Waals surface area contributed by atoms with Gasteiger partial charge >= 0.3 is 0 Å². The van der Waals surface area contributed by atoms with Crippen molar-refractivity contribution in [3.05, 3.63) is 12.2 Å². The Labute approximate surface area is 119 Å². The molecule has 1 aliphatic rings. The first-order valence-corrected chi connectivity index (χ1v) is 8.41. The molecule has 1 heteroatoms. The minimum atomic E-state index is 0.334. The lowest BCUT2D eigenvalue weighted by Crippen LogP contribution is -2.03. The summed E-state index contributed by atoms with van der Waals surface area (Å²) < 4.78 is 0. The van der Waals surface area contributed by atoms with E-state index in [-0.39, 0.29) is 0 Å². The van der Waals surface area contributed by atoms with E-state index in [9.17, 15) is 4.79 Å². The quantitative estimate of drug-likeness (QED) is 0.366. The lowest BCUT2D eigenvalue weighted by molar-refractivity contribution is -0.120. The molecule has 0 N–H and O–H groups in total. The van der Waals surface area contributed by atoms with Gasteiger partial charge in [0.25, 0.3) is 0 Å². The Kier molecular flexibility index (Phi) is 8.86. The number of hydrogen-bond acceptors (Lipinski definition) is 1. The first kappa shape index (κ1) is 16.5. The molecular formula is C18H32O. The van der Waals surface area contributed by atoms with Crippen LogP contribution in [0.25, 0.3) is 0 Å². The fourth-order valence-electron chi connectivity index (χ4n) is 3.04. The van der Waals surface area contributed by atoms with Crippen LogP contribution < -0.4 is 0 Å². The Hall–Kier alpha value is -0.590. The number of allylic oxidation sites excluding steroid dienone is 2. The second-order valence-corrected chi connectivity index (χ2v) is 6.33. The average molecular weight is 264 g/mol. The van der Waals surface area contributed by atoms with E-state index >= 15 is 0 Å². The van der Waals surface area contributed by atoms with E-state index in [1.54, 1.807) is 0 Å². The van der Waals surface area contributed by atoms with Crippen LogP contribution in [0.1, 0.15) is 84.5 Å². The molecular weight excluding hydrogens is 232 g/mol. The van der Waals surface area contributed by atoms with E-state index in [2.05, 4.69) is 26.0 Å². The molecule has 2 unspecified atom stereocenters. The van der Waals surface area contributed by atoms with Crippen molar-refractivity contribution in [1.82, 2.24) is 0 Å². The molecule has 110 valence electrons. The smallest absolute Gasteiger partial charge is 0.136 e. The van der Waals surface area contributed by atoms with Crippen molar-refractivity contribution in [3.8, 4) is 0 Å². The number of rotatable bonds is 10. The third-order valence-corrected chi connectivity index (χ3v) is 4.25. The van der Waals surface area contributed by atoms with Crippen molar-refractivity contribution in [2.75, 3.05) is 0 Å². The molecule has 1 saturated carbocycles. The summed E-state index contributed by atoms with van der Waals surface area (Å²) in [6, 6.07) is 0. The molecule has 0 aromatic rings. The Bertz CT molecular complexity index is 267. The molecule has 1 rings (SSSR count). The summed E-state index contributed by atoms with van der Waals surface area (Å²) in [6.45, 7) is 4.46. The highest BCUT2D eigenvalue weighted by Gasteiger charge is 2.28. The number of carbonyl (C=O) groups is 1. The molecule has 0 aliphatic heterocycles. The highest BCUT2D eigenvalue weighted by molar-refractivity contribution is 5.83. The summed E-state index contributed by atoms with van der Waals surface area (Å²) in [6.07, 6.45) is 18.3. The summed E-state index contributed by atoms with van der Waals surface area (Å²) in [5.41, 5.74) is 0. The second-order valence-electron chi connectivity index (χ2n) is 6.33. The van der Waals surface area contributed by atoms with Crippen LogP contribution in [-0.4, -0.2) is 5.78 Å². The molecule has 0 aromatic heterocycles. The average Bonchev–Trinajstić information content (AvgIpc) is 2.70. The van der Waals surface area contributed by atoms with Crippen LogP contribution in [0.2, 0.25) is 0 Å². The predicted molar refractivity (Wildman–Crippen MR) is 83.3 cm³/mol. The molecule has 0 saturated heterocycles. The van der Waals surface area contributed by atoms with Gasteiger partial charge in [0.2, 0.25) is 0 Å². The Morgan fingerprint density at radius 1 is 1.05 bits per heavy atom. The van der Waals surface area contributed by atoms with Crippen molar-refractivity contribution < 1.29 is 4.79 Å². The highest BCUT2D eigenvalue weighted by Crippen LogP contribution is 2.29. The zero-order valence-electron chi connectivity index (χ0n) is 13.0. The van der Waals surface area contributed by atoms with Crippen LogP contribution in [0, 0.1) is 11.8 Å². The summed E-state index contributed by atoms with van der Waals surface area (Å²) in [5, 5.41) is 0. The fourth-order valence-corrected chi connectivity index (χ4v) is 3.04. The van der Waals surface area contributed by atoms with Crippen molar-refractivity contribution in [1.29, 1.82) is 0 Å². The first-order chi connectivity index (χ1) is 9.24. The van der Waals surface area contributed by atoms with Crippen LogP contribution in [-0.2, 0) is 4.79 Å². The standard InChI is InChI=1S/C18H32O/c1-3-4-5-6-7-8-9-10-11-12-13-17-14-16(2)15-18(17)19/h11-12,16-17H,3-10,13-15H2,1-2H3/b12-11-. The van der Waals surface area contributed by atoms with E-state index in [0.29, 0.717) is 17.6 Å². The van der Waals surface area contributed by atoms with Gasteiger partial charge in [0, 0.05) is 12.3 Å². The maximum absolute atomic E-state index is 11.6. The van der Waals surface area contributed by atoms with Crippen molar-refractivity contribution >= 4 is 5.78 Å². The molecule has 1 fully saturated rings. The van der Waals surface area contributed by atoms with Gasteiger partial charge < -0.3 is 0 Å². The van der Waals surface area contributed by atoms with E-state index in [1.807, 2.05) is 0 Å². The number of hydrogen-bond donors (Lipinski definition) is 0. The van der Waals surface area contributed by atoms with E-state index in [1.165, 1.54) is 51.4 Å². The molecule has 0 amide bonds. The summed E-state index contributed by atoms with van der Waals surface area (Å²) in [4.78, 5) is 11.6. The molecule has 1 nitrogen and oxygen atoms in total. The largest absolute Gasteiger partial charge is 0.299 e. The van der Waals surface area contributed by atoms with Gasteiger partial charge in [-0.2, -0.15) is 0 Å². The molecule has 0 spiro atoms. The van der Waals surface area contributed by atoms with Gasteiger partial charge in [-0.25, -0.2) is 0 Å². The zero-order chi connectivity index (χ0) is 13.9. The summed E-state index contributed by atoms with van der Waals surface area (Å²) in [5.74, 6) is 1.45. The maximum Gasteiger partial charge on any atom is 0.136 e. The Balaban J connectivity index is 1.92.